The van der Waals surface area contributed by atoms with Crippen LogP contribution in [0.3, 0.4) is 0 Å². The Hall–Kier alpha value is -5.94. The van der Waals surface area contributed by atoms with Gasteiger partial charge < -0.3 is 0 Å². The molecule has 0 saturated heterocycles. The van der Waals surface area contributed by atoms with Crippen LogP contribution in [0.2, 0.25) is 0 Å². The van der Waals surface area contributed by atoms with E-state index in [-0.39, 0.29) is 0 Å². The normalized spacial score (nSPS) is 11.6. The summed E-state index contributed by atoms with van der Waals surface area (Å²) in [6.07, 6.45) is 0. The fourth-order valence-corrected chi connectivity index (χ4v) is 14.5. The summed E-state index contributed by atoms with van der Waals surface area (Å²) in [5.41, 5.74) is 34.2. The number of benzene rings is 9. The van der Waals surface area contributed by atoms with E-state index in [4.69, 9.17) is 0 Å². The molecule has 0 aliphatic rings. The van der Waals surface area contributed by atoms with E-state index in [0.29, 0.717) is 0 Å². The molecule has 0 nitrogen and oxygen atoms in total. The zero-order valence-corrected chi connectivity index (χ0v) is 45.3. The fraction of sp³-hybridized carbons (Fsp3) is 0.194. The smallest absolute Gasteiger partial charge is 0.0679 e. The predicted molar refractivity (Wildman–Crippen MR) is 310 cm³/mol. The summed E-state index contributed by atoms with van der Waals surface area (Å²) in [6.45, 7) is 27.2. The molecule has 9 rings (SSSR count). The second-order valence-electron chi connectivity index (χ2n) is 19.8. The lowest BCUT2D eigenvalue weighted by molar-refractivity contribution is 0.906. The minimum absolute atomic E-state index is 0.728. The van der Waals surface area contributed by atoms with E-state index >= 15 is 0 Å². The van der Waals surface area contributed by atoms with Crippen LogP contribution in [0.1, 0.15) is 83.5 Å². The highest BCUT2D eigenvalue weighted by Crippen LogP contribution is 2.56. The molecule has 0 unspecified atom stereocenters. The van der Waals surface area contributed by atoms with Gasteiger partial charge in [0.15, 0.2) is 0 Å². The second-order valence-corrected chi connectivity index (χ2v) is 21.8. The molecule has 0 amide bonds. The third-order valence-electron chi connectivity index (χ3n) is 14.8. The highest BCUT2D eigenvalue weighted by Gasteiger charge is 2.40. The average molecular weight is 1030 g/mol. The van der Waals surface area contributed by atoms with Gasteiger partial charge in [0.25, 0.3) is 0 Å². The van der Waals surface area contributed by atoms with Crippen molar-refractivity contribution in [2.75, 3.05) is 0 Å². The molecule has 2 heteroatoms. The summed E-state index contributed by atoms with van der Waals surface area (Å²) in [7, 11) is 1.92. The average Bonchev–Trinajstić information content (AvgIpc) is 3.29. The SMILES string of the molecule is Cc1cccc(C)c1-c1cc(-c2c(C)cccc2C)cc(C(SI)(c2cc(-c3c(C)cccc3C)cc(-c3c(C)cccc3C)c2)c2cc(-c3c(C)cccc3C)cc(-c3c(C)cccc3C)c2)c1. The van der Waals surface area contributed by atoms with Crippen LogP contribution in [0.15, 0.2) is 164 Å². The minimum Gasteiger partial charge on any atom is -0.0679 e. The van der Waals surface area contributed by atoms with Crippen LogP contribution in [0, 0.1) is 83.1 Å². The Kier molecular flexibility index (Phi) is 13.6. The first-order valence-corrected chi connectivity index (χ1v) is 27.6. The van der Waals surface area contributed by atoms with E-state index in [0.717, 1.165) is 0 Å². The van der Waals surface area contributed by atoms with Gasteiger partial charge in [-0.3, -0.25) is 0 Å². The van der Waals surface area contributed by atoms with Gasteiger partial charge in [-0.05, 0) is 309 Å². The zero-order chi connectivity index (χ0) is 48.9. The van der Waals surface area contributed by atoms with Crippen molar-refractivity contribution in [3.05, 3.63) is 247 Å². The van der Waals surface area contributed by atoms with Gasteiger partial charge in [-0.2, -0.15) is 0 Å². The molecule has 0 spiro atoms. The summed E-state index contributed by atoms with van der Waals surface area (Å²) in [4.78, 5) is 0. The van der Waals surface area contributed by atoms with E-state index in [9.17, 15) is 0 Å². The molecular weight excluding hydrogens is 964 g/mol. The Morgan fingerprint density at radius 2 is 0.391 bits per heavy atom. The molecule has 0 aliphatic heterocycles. The van der Waals surface area contributed by atoms with Gasteiger partial charge in [-0.25, -0.2) is 0 Å². The number of rotatable bonds is 10. The monoisotopic (exact) mass is 1030 g/mol. The van der Waals surface area contributed by atoms with Crippen molar-refractivity contribution in [3.8, 4) is 66.8 Å². The number of aryl methyl sites for hydroxylation is 12. The van der Waals surface area contributed by atoms with Gasteiger partial charge in [0.1, 0.15) is 4.75 Å². The number of hydrogen-bond donors (Lipinski definition) is 0. The van der Waals surface area contributed by atoms with Crippen molar-refractivity contribution >= 4 is 30.1 Å². The molecule has 0 bridgehead atoms. The maximum absolute atomic E-state index is 2.67. The van der Waals surface area contributed by atoms with Crippen molar-refractivity contribution in [1.82, 2.24) is 0 Å². The highest BCUT2D eigenvalue weighted by atomic mass is 127. The van der Waals surface area contributed by atoms with E-state index in [1.54, 1.807) is 0 Å². The first-order chi connectivity index (χ1) is 33.1. The van der Waals surface area contributed by atoms with Crippen LogP contribution in [-0.4, -0.2) is 0 Å². The Morgan fingerprint density at radius 3 is 0.522 bits per heavy atom. The summed E-state index contributed by atoms with van der Waals surface area (Å²) >= 11 is 2.67. The molecule has 0 radical (unpaired) electrons. The molecular formula is C67H63IS. The molecule has 0 aliphatic carbocycles. The molecule has 9 aromatic carbocycles. The van der Waals surface area contributed by atoms with E-state index in [1.165, 1.54) is 150 Å². The maximum atomic E-state index is 2.67. The molecule has 344 valence electrons. The molecule has 0 N–H and O–H groups in total. The van der Waals surface area contributed by atoms with E-state index in [2.05, 4.69) is 268 Å². The quantitative estimate of drug-likeness (QED) is 0.0972. The predicted octanol–water partition coefficient (Wildman–Crippen LogP) is 19.8. The lowest BCUT2D eigenvalue weighted by Gasteiger charge is -2.36. The number of hydrogen-bond acceptors (Lipinski definition) is 1. The van der Waals surface area contributed by atoms with Gasteiger partial charge in [-0.1, -0.05) is 118 Å². The molecule has 9 aromatic rings. The van der Waals surface area contributed by atoms with Crippen molar-refractivity contribution in [2.45, 2.75) is 87.8 Å². The molecule has 0 aromatic heterocycles. The van der Waals surface area contributed by atoms with Gasteiger partial charge in [0.2, 0.25) is 0 Å². The van der Waals surface area contributed by atoms with Crippen molar-refractivity contribution < 1.29 is 0 Å². The van der Waals surface area contributed by atoms with Crippen LogP contribution in [-0.2, 0) is 4.75 Å². The summed E-state index contributed by atoms with van der Waals surface area (Å²) in [5, 5.41) is 0. The van der Waals surface area contributed by atoms with Crippen LogP contribution >= 0.6 is 30.1 Å². The van der Waals surface area contributed by atoms with Gasteiger partial charge in [0, 0.05) is 0 Å². The molecule has 0 saturated carbocycles. The van der Waals surface area contributed by atoms with E-state index < -0.39 is 4.75 Å². The van der Waals surface area contributed by atoms with Crippen LogP contribution in [0.4, 0.5) is 0 Å². The Bertz CT molecular complexity index is 2770. The second kappa shape index (κ2) is 19.5. The van der Waals surface area contributed by atoms with Crippen molar-refractivity contribution in [1.29, 1.82) is 0 Å². The Morgan fingerprint density at radius 1 is 0.246 bits per heavy atom. The van der Waals surface area contributed by atoms with Crippen molar-refractivity contribution in [3.63, 3.8) is 0 Å². The molecule has 0 heterocycles. The standard InChI is InChI=1S/C67H63IS/c1-40-19-13-20-41(2)61(40)52-31-53(62-42(3)21-14-22-43(62)4)35-58(34-52)67(69-68,59-36-54(63-44(5)23-15-24-45(63)6)32-55(37-59)64-46(7)25-16-26-47(64)8)60-38-56(65-48(9)27-17-28-49(65)10)33-57(39-60)66-50(11)29-18-30-51(66)12/h13-39H,1-12H3. The number of halogens is 1. The largest absolute Gasteiger partial charge is 0.101 e. The van der Waals surface area contributed by atoms with Crippen LogP contribution < -0.4 is 0 Å². The minimum atomic E-state index is -0.728. The fourth-order valence-electron chi connectivity index (χ4n) is 11.6. The molecule has 69 heavy (non-hydrogen) atoms. The highest BCUT2D eigenvalue weighted by molar-refractivity contribution is 14.2. The first kappa shape index (κ1) is 48.1. The topological polar surface area (TPSA) is 0 Å². The van der Waals surface area contributed by atoms with Gasteiger partial charge in [-0.15, -0.1) is 0 Å². The zero-order valence-electron chi connectivity index (χ0n) is 42.4. The Labute approximate surface area is 428 Å². The van der Waals surface area contributed by atoms with Crippen molar-refractivity contribution in [2.24, 2.45) is 0 Å². The van der Waals surface area contributed by atoms with Crippen LogP contribution in [0.5, 0.6) is 0 Å². The third-order valence-corrected chi connectivity index (χ3v) is 17.7. The van der Waals surface area contributed by atoms with Gasteiger partial charge in [0.05, 0.1) is 0 Å². The summed E-state index contributed by atoms with van der Waals surface area (Å²) in [5.74, 6) is 0. The van der Waals surface area contributed by atoms with Gasteiger partial charge >= 0.3 is 0 Å². The maximum Gasteiger partial charge on any atom is 0.101 e. The van der Waals surface area contributed by atoms with Crippen LogP contribution in [0.25, 0.3) is 66.8 Å². The summed E-state index contributed by atoms with van der Waals surface area (Å²) in [6, 6.07) is 62.9. The summed E-state index contributed by atoms with van der Waals surface area (Å²) < 4.78 is -0.728. The first-order valence-electron chi connectivity index (χ1n) is 24.3. The lowest BCUT2D eigenvalue weighted by atomic mass is 9.76. The Balaban J connectivity index is 1.52. The molecule has 0 fully saturated rings. The third kappa shape index (κ3) is 8.85. The lowest BCUT2D eigenvalue weighted by Crippen LogP contribution is -2.25. The van der Waals surface area contributed by atoms with E-state index in [1.807, 2.05) is 8.93 Å². The molecule has 0 atom stereocenters.